The lowest BCUT2D eigenvalue weighted by atomic mass is 10.1. The number of carbonyl (C=O) groups excluding carboxylic acids is 2. The van der Waals surface area contributed by atoms with Crippen molar-refractivity contribution in [2.24, 2.45) is 0 Å². The van der Waals surface area contributed by atoms with E-state index in [9.17, 15) is 19.7 Å². The van der Waals surface area contributed by atoms with E-state index in [1.165, 1.54) is 17.0 Å². The van der Waals surface area contributed by atoms with Crippen LogP contribution in [-0.2, 0) is 11.3 Å². The van der Waals surface area contributed by atoms with E-state index in [2.05, 4.69) is 15.9 Å². The van der Waals surface area contributed by atoms with Gasteiger partial charge in [-0.2, -0.15) is 0 Å². The number of nitrogens with zero attached hydrogens (tertiary/aromatic N) is 2. The molecule has 0 spiro atoms. The summed E-state index contributed by atoms with van der Waals surface area (Å²) in [6.07, 6.45) is 1.50. The number of amides is 2. The average molecular weight is 469 g/mol. The number of imide groups is 1. The summed E-state index contributed by atoms with van der Waals surface area (Å²) in [5.41, 5.74) is 1.23. The number of thioether (sulfide) groups is 1. The van der Waals surface area contributed by atoms with Crippen LogP contribution < -0.4 is 0 Å². The largest absolute Gasteiger partial charge is 0.293 e. The van der Waals surface area contributed by atoms with E-state index < -0.39 is 10.8 Å². The van der Waals surface area contributed by atoms with Gasteiger partial charge in [-0.25, -0.2) is 0 Å². The molecule has 4 rings (SSSR count). The molecule has 2 amide bonds. The predicted octanol–water partition coefficient (Wildman–Crippen LogP) is 5.75. The molecule has 0 atom stereocenters. The molecule has 6 nitrogen and oxygen atoms in total. The Labute approximate surface area is 178 Å². The molecular weight excluding hydrogens is 456 g/mol. The highest BCUT2D eigenvalue weighted by molar-refractivity contribution is 9.10. The molecule has 1 aliphatic rings. The van der Waals surface area contributed by atoms with Gasteiger partial charge in [0, 0.05) is 6.07 Å². The molecule has 1 saturated heterocycles. The van der Waals surface area contributed by atoms with Crippen LogP contribution in [-0.4, -0.2) is 21.0 Å². The molecule has 0 unspecified atom stereocenters. The maximum absolute atomic E-state index is 12.7. The van der Waals surface area contributed by atoms with Gasteiger partial charge in [-0.3, -0.25) is 24.6 Å². The first kappa shape index (κ1) is 19.4. The maximum Gasteiger partial charge on any atom is 0.293 e. The Morgan fingerprint density at radius 2 is 1.79 bits per heavy atom. The summed E-state index contributed by atoms with van der Waals surface area (Å²) in [5, 5.41) is 12.9. The summed E-state index contributed by atoms with van der Waals surface area (Å²) in [6.45, 7) is 0.174. The highest BCUT2D eigenvalue weighted by Gasteiger charge is 2.35. The molecule has 1 heterocycles. The lowest BCUT2D eigenvalue weighted by Crippen LogP contribution is -2.27. The fourth-order valence-corrected chi connectivity index (χ4v) is 4.30. The second-order valence-electron chi connectivity index (χ2n) is 6.42. The van der Waals surface area contributed by atoms with Crippen molar-refractivity contribution in [3.63, 3.8) is 0 Å². The third-order valence-electron chi connectivity index (χ3n) is 4.49. The van der Waals surface area contributed by atoms with Crippen LogP contribution in [0, 0.1) is 10.1 Å². The molecule has 0 radical (unpaired) electrons. The Morgan fingerprint density at radius 3 is 2.55 bits per heavy atom. The highest BCUT2D eigenvalue weighted by Crippen LogP contribution is 2.35. The van der Waals surface area contributed by atoms with Crippen molar-refractivity contribution in [2.75, 3.05) is 0 Å². The quantitative estimate of drug-likeness (QED) is 0.276. The fourth-order valence-electron chi connectivity index (χ4n) is 3.07. The monoisotopic (exact) mass is 468 g/mol. The molecule has 0 bridgehead atoms. The van der Waals surface area contributed by atoms with Crippen molar-refractivity contribution >= 4 is 61.4 Å². The topological polar surface area (TPSA) is 80.5 Å². The van der Waals surface area contributed by atoms with E-state index in [1.807, 2.05) is 42.5 Å². The number of hydrogen-bond acceptors (Lipinski definition) is 5. The molecule has 0 aliphatic carbocycles. The fraction of sp³-hybridized carbons (Fsp3) is 0.0476. The van der Waals surface area contributed by atoms with Crippen LogP contribution in [0.2, 0.25) is 0 Å². The highest BCUT2D eigenvalue weighted by atomic mass is 79.9. The first-order valence-electron chi connectivity index (χ1n) is 8.59. The molecular formula is C21H13BrN2O4S. The Morgan fingerprint density at radius 1 is 1.03 bits per heavy atom. The smallest absolute Gasteiger partial charge is 0.268 e. The predicted molar refractivity (Wildman–Crippen MR) is 116 cm³/mol. The van der Waals surface area contributed by atoms with Crippen LogP contribution in [0.15, 0.2) is 70.0 Å². The number of fused-ring (bicyclic) bond motifs is 1. The molecule has 3 aromatic carbocycles. The molecule has 8 heteroatoms. The third-order valence-corrected chi connectivity index (χ3v) is 6.07. The second kappa shape index (κ2) is 7.81. The minimum absolute atomic E-state index is 0.103. The van der Waals surface area contributed by atoms with Crippen LogP contribution in [0.25, 0.3) is 16.8 Å². The number of carbonyl (C=O) groups is 2. The van der Waals surface area contributed by atoms with Gasteiger partial charge in [-0.1, -0.05) is 42.5 Å². The number of hydrogen-bond donors (Lipinski definition) is 0. The minimum atomic E-state index is -0.507. The van der Waals surface area contributed by atoms with Gasteiger partial charge >= 0.3 is 0 Å². The molecule has 0 saturated carbocycles. The van der Waals surface area contributed by atoms with Crippen LogP contribution in [0.4, 0.5) is 10.5 Å². The van der Waals surface area contributed by atoms with Gasteiger partial charge in [0.05, 0.1) is 20.8 Å². The first-order chi connectivity index (χ1) is 13.9. The van der Waals surface area contributed by atoms with Gasteiger partial charge in [0.2, 0.25) is 0 Å². The van der Waals surface area contributed by atoms with Gasteiger partial charge in [0.1, 0.15) is 0 Å². The zero-order valence-electron chi connectivity index (χ0n) is 14.9. The number of halogens is 1. The zero-order valence-corrected chi connectivity index (χ0v) is 17.3. The van der Waals surface area contributed by atoms with Gasteiger partial charge in [-0.05, 0) is 67.8 Å². The normalized spacial score (nSPS) is 15.5. The third kappa shape index (κ3) is 3.94. The SMILES string of the molecule is O=C1S/C(=C\c2ccc(Br)c([N+](=O)[O-])c2)C(=O)N1Cc1ccc2ccccc2c1. The van der Waals surface area contributed by atoms with Crippen molar-refractivity contribution < 1.29 is 14.5 Å². The summed E-state index contributed by atoms with van der Waals surface area (Å²) in [7, 11) is 0. The summed E-state index contributed by atoms with van der Waals surface area (Å²) in [6, 6.07) is 18.2. The van der Waals surface area contributed by atoms with E-state index in [0.717, 1.165) is 28.1 Å². The molecule has 3 aromatic rings. The Kier molecular flexibility index (Phi) is 5.21. The summed E-state index contributed by atoms with van der Waals surface area (Å²) in [4.78, 5) is 37.2. The van der Waals surface area contributed by atoms with Gasteiger partial charge < -0.3 is 0 Å². The average Bonchev–Trinajstić information content (AvgIpc) is 2.96. The number of benzene rings is 3. The van der Waals surface area contributed by atoms with Crippen LogP contribution in [0.5, 0.6) is 0 Å². The van der Waals surface area contributed by atoms with Crippen molar-refractivity contribution in [3.05, 3.63) is 91.3 Å². The van der Waals surface area contributed by atoms with E-state index in [0.29, 0.717) is 10.0 Å². The molecule has 0 N–H and O–H groups in total. The van der Waals surface area contributed by atoms with E-state index >= 15 is 0 Å². The second-order valence-corrected chi connectivity index (χ2v) is 8.26. The van der Waals surface area contributed by atoms with Crippen molar-refractivity contribution in [1.29, 1.82) is 0 Å². The number of nitro groups is 1. The first-order valence-corrected chi connectivity index (χ1v) is 10.2. The van der Waals surface area contributed by atoms with Gasteiger partial charge in [0.15, 0.2) is 0 Å². The molecule has 1 fully saturated rings. The van der Waals surface area contributed by atoms with Gasteiger partial charge in [-0.15, -0.1) is 0 Å². The standard InChI is InChI=1S/C21H13BrN2O4S/c22-17-8-6-13(10-18(17)24(27)28)11-19-20(25)23(21(26)29-19)12-14-5-7-15-3-1-2-4-16(15)9-14/h1-11H,12H2/b19-11-. The van der Waals surface area contributed by atoms with Crippen LogP contribution in [0.3, 0.4) is 0 Å². The number of rotatable bonds is 4. The lowest BCUT2D eigenvalue weighted by molar-refractivity contribution is -0.385. The minimum Gasteiger partial charge on any atom is -0.268 e. The Bertz CT molecular complexity index is 1210. The molecule has 1 aliphatic heterocycles. The van der Waals surface area contributed by atoms with Crippen molar-refractivity contribution in [1.82, 2.24) is 4.90 Å². The molecule has 0 aromatic heterocycles. The van der Waals surface area contributed by atoms with E-state index in [4.69, 9.17) is 0 Å². The maximum atomic E-state index is 12.7. The Balaban J connectivity index is 1.59. The van der Waals surface area contributed by atoms with Crippen LogP contribution in [0.1, 0.15) is 11.1 Å². The van der Waals surface area contributed by atoms with E-state index in [1.54, 1.807) is 12.1 Å². The summed E-state index contributed by atoms with van der Waals surface area (Å²) >= 11 is 3.97. The molecule has 144 valence electrons. The summed E-state index contributed by atoms with van der Waals surface area (Å²) < 4.78 is 0.351. The zero-order chi connectivity index (χ0) is 20.5. The van der Waals surface area contributed by atoms with Crippen molar-refractivity contribution in [2.45, 2.75) is 6.54 Å². The molecule has 29 heavy (non-hydrogen) atoms. The van der Waals surface area contributed by atoms with Crippen molar-refractivity contribution in [3.8, 4) is 0 Å². The number of nitro benzene ring substituents is 1. The van der Waals surface area contributed by atoms with Gasteiger partial charge in [0.25, 0.3) is 16.8 Å². The van der Waals surface area contributed by atoms with Crippen LogP contribution >= 0.6 is 27.7 Å². The lowest BCUT2D eigenvalue weighted by Gasteiger charge is -2.13. The Hall–Kier alpha value is -2.97. The van der Waals surface area contributed by atoms with E-state index in [-0.39, 0.29) is 22.4 Å². The summed E-state index contributed by atoms with van der Waals surface area (Å²) in [5.74, 6) is -0.404.